The maximum Gasteiger partial charge on any atom is 0.144 e. The minimum atomic E-state index is 0.114. The van der Waals surface area contributed by atoms with E-state index in [-0.39, 0.29) is 6.10 Å². The number of nitrogens with zero attached hydrogens (tertiary/aromatic N) is 1. The molecule has 114 valence electrons. The van der Waals surface area contributed by atoms with Crippen LogP contribution in [0.3, 0.4) is 0 Å². The zero-order valence-corrected chi connectivity index (χ0v) is 13.3. The number of hydrogen-bond donors (Lipinski definition) is 1. The van der Waals surface area contributed by atoms with Crippen molar-refractivity contribution in [1.82, 2.24) is 0 Å². The van der Waals surface area contributed by atoms with Crippen molar-refractivity contribution in [1.29, 1.82) is 0 Å². The SMILES string of the molecule is CCC(C)N(CCOC)c1cccc(OC(C)C)c1N. The summed E-state index contributed by atoms with van der Waals surface area (Å²) in [6, 6.07) is 6.36. The first kappa shape index (κ1) is 16.6. The van der Waals surface area contributed by atoms with Gasteiger partial charge in [0.1, 0.15) is 5.75 Å². The van der Waals surface area contributed by atoms with Gasteiger partial charge in [-0.1, -0.05) is 13.0 Å². The first-order valence-corrected chi connectivity index (χ1v) is 7.31. The summed E-state index contributed by atoms with van der Waals surface area (Å²) in [6.45, 7) is 9.88. The van der Waals surface area contributed by atoms with Crippen LogP contribution in [0.4, 0.5) is 11.4 Å². The van der Waals surface area contributed by atoms with E-state index in [0.29, 0.717) is 18.3 Å². The number of nitrogen functional groups attached to an aromatic ring is 1. The minimum Gasteiger partial charge on any atom is -0.489 e. The predicted octanol–water partition coefficient (Wildman–Crippen LogP) is 3.31. The summed E-state index contributed by atoms with van der Waals surface area (Å²) in [7, 11) is 1.72. The number of para-hydroxylation sites is 1. The molecule has 0 heterocycles. The van der Waals surface area contributed by atoms with Gasteiger partial charge in [0.25, 0.3) is 0 Å². The van der Waals surface area contributed by atoms with Crippen LogP contribution in [0.5, 0.6) is 5.75 Å². The van der Waals surface area contributed by atoms with E-state index in [1.165, 1.54) is 0 Å². The smallest absolute Gasteiger partial charge is 0.144 e. The van der Waals surface area contributed by atoms with Crippen molar-refractivity contribution < 1.29 is 9.47 Å². The highest BCUT2D eigenvalue weighted by atomic mass is 16.5. The molecule has 0 spiro atoms. The van der Waals surface area contributed by atoms with Crippen LogP contribution in [-0.4, -0.2) is 32.4 Å². The molecular formula is C16H28N2O2. The van der Waals surface area contributed by atoms with Gasteiger partial charge < -0.3 is 20.1 Å². The first-order chi connectivity index (χ1) is 9.51. The molecule has 2 N–H and O–H groups in total. The summed E-state index contributed by atoms with van der Waals surface area (Å²) in [6.07, 6.45) is 1.17. The Morgan fingerprint density at radius 3 is 2.50 bits per heavy atom. The van der Waals surface area contributed by atoms with Crippen molar-refractivity contribution in [3.05, 3.63) is 18.2 Å². The van der Waals surface area contributed by atoms with E-state index in [0.717, 1.165) is 24.4 Å². The maximum atomic E-state index is 6.29. The molecule has 1 unspecified atom stereocenters. The summed E-state index contributed by atoms with van der Waals surface area (Å²) in [5.74, 6) is 0.753. The summed E-state index contributed by atoms with van der Waals surface area (Å²) in [5.41, 5.74) is 8.02. The molecule has 1 rings (SSSR count). The van der Waals surface area contributed by atoms with Gasteiger partial charge in [-0.05, 0) is 39.3 Å². The van der Waals surface area contributed by atoms with Gasteiger partial charge in [-0.3, -0.25) is 0 Å². The fourth-order valence-electron chi connectivity index (χ4n) is 2.13. The Labute approximate surface area is 122 Å². The molecule has 1 atom stereocenters. The zero-order valence-electron chi connectivity index (χ0n) is 13.3. The van der Waals surface area contributed by atoms with Gasteiger partial charge in [-0.2, -0.15) is 0 Å². The van der Waals surface area contributed by atoms with E-state index < -0.39 is 0 Å². The monoisotopic (exact) mass is 280 g/mol. The second kappa shape index (κ2) is 8.00. The van der Waals surface area contributed by atoms with Crippen molar-refractivity contribution >= 4 is 11.4 Å². The average molecular weight is 280 g/mol. The normalized spacial score (nSPS) is 12.5. The molecule has 1 aromatic rings. The van der Waals surface area contributed by atoms with E-state index in [9.17, 15) is 0 Å². The van der Waals surface area contributed by atoms with E-state index >= 15 is 0 Å². The number of ether oxygens (including phenoxy) is 2. The van der Waals surface area contributed by atoms with Crippen molar-refractivity contribution in [2.75, 3.05) is 30.9 Å². The summed E-state index contributed by atoms with van der Waals surface area (Å²) in [4.78, 5) is 2.28. The Balaban J connectivity index is 3.06. The van der Waals surface area contributed by atoms with Crippen LogP contribution in [0.15, 0.2) is 18.2 Å². The van der Waals surface area contributed by atoms with Gasteiger partial charge in [0.2, 0.25) is 0 Å². The van der Waals surface area contributed by atoms with Gasteiger partial charge in [0.05, 0.1) is 24.1 Å². The first-order valence-electron chi connectivity index (χ1n) is 7.31. The van der Waals surface area contributed by atoms with Crippen LogP contribution in [0.1, 0.15) is 34.1 Å². The molecule has 20 heavy (non-hydrogen) atoms. The van der Waals surface area contributed by atoms with Crippen LogP contribution in [0.25, 0.3) is 0 Å². The summed E-state index contributed by atoms with van der Waals surface area (Å²) < 4.78 is 11.0. The lowest BCUT2D eigenvalue weighted by atomic mass is 10.1. The molecule has 0 aliphatic rings. The summed E-state index contributed by atoms with van der Waals surface area (Å²) in [5, 5.41) is 0. The van der Waals surface area contributed by atoms with Crippen LogP contribution < -0.4 is 15.4 Å². The highest BCUT2D eigenvalue weighted by molar-refractivity contribution is 5.74. The largest absolute Gasteiger partial charge is 0.489 e. The molecule has 0 saturated heterocycles. The third-order valence-electron chi connectivity index (χ3n) is 3.37. The molecule has 0 aliphatic heterocycles. The van der Waals surface area contributed by atoms with Crippen LogP contribution in [-0.2, 0) is 4.74 Å². The lowest BCUT2D eigenvalue weighted by Crippen LogP contribution is -2.36. The third kappa shape index (κ3) is 4.30. The van der Waals surface area contributed by atoms with Crippen molar-refractivity contribution in [2.24, 2.45) is 0 Å². The van der Waals surface area contributed by atoms with Gasteiger partial charge in [-0.15, -0.1) is 0 Å². The second-order valence-corrected chi connectivity index (χ2v) is 5.30. The number of hydrogen-bond acceptors (Lipinski definition) is 4. The molecule has 0 saturated carbocycles. The maximum absolute atomic E-state index is 6.29. The predicted molar refractivity (Wildman–Crippen MR) is 85.6 cm³/mol. The Morgan fingerprint density at radius 1 is 1.25 bits per heavy atom. The Kier molecular flexibility index (Phi) is 6.65. The third-order valence-corrected chi connectivity index (χ3v) is 3.37. The number of methoxy groups -OCH3 is 1. The molecule has 0 bridgehead atoms. The van der Waals surface area contributed by atoms with E-state index in [1.807, 2.05) is 32.0 Å². The number of benzene rings is 1. The summed E-state index contributed by atoms with van der Waals surface area (Å²) >= 11 is 0. The number of anilines is 2. The average Bonchev–Trinajstić information content (AvgIpc) is 2.42. The van der Waals surface area contributed by atoms with Crippen LogP contribution in [0.2, 0.25) is 0 Å². The fraction of sp³-hybridized carbons (Fsp3) is 0.625. The fourth-order valence-corrected chi connectivity index (χ4v) is 2.13. The molecule has 0 amide bonds. The standard InChI is InChI=1S/C16H28N2O2/c1-6-13(4)18(10-11-19-5)14-8-7-9-15(16(14)17)20-12(2)3/h7-9,12-13H,6,10-11,17H2,1-5H3. The lowest BCUT2D eigenvalue weighted by molar-refractivity contribution is 0.203. The quantitative estimate of drug-likeness (QED) is 0.742. The highest BCUT2D eigenvalue weighted by Gasteiger charge is 2.17. The highest BCUT2D eigenvalue weighted by Crippen LogP contribution is 2.34. The van der Waals surface area contributed by atoms with Gasteiger partial charge in [0, 0.05) is 19.7 Å². The molecular weight excluding hydrogens is 252 g/mol. The molecule has 0 aliphatic carbocycles. The second-order valence-electron chi connectivity index (χ2n) is 5.30. The molecule has 0 aromatic heterocycles. The topological polar surface area (TPSA) is 47.7 Å². The minimum absolute atomic E-state index is 0.114. The van der Waals surface area contributed by atoms with Crippen molar-refractivity contribution in [3.63, 3.8) is 0 Å². The van der Waals surface area contributed by atoms with Gasteiger partial charge in [-0.25, -0.2) is 0 Å². The van der Waals surface area contributed by atoms with Gasteiger partial charge >= 0.3 is 0 Å². The van der Waals surface area contributed by atoms with Crippen LogP contribution in [0, 0.1) is 0 Å². The molecule has 0 radical (unpaired) electrons. The molecule has 4 nitrogen and oxygen atoms in total. The van der Waals surface area contributed by atoms with E-state index in [4.69, 9.17) is 15.2 Å². The molecule has 0 fully saturated rings. The Hall–Kier alpha value is -1.42. The van der Waals surface area contributed by atoms with Gasteiger partial charge in [0.15, 0.2) is 0 Å². The van der Waals surface area contributed by atoms with Crippen molar-refractivity contribution in [3.8, 4) is 5.75 Å². The van der Waals surface area contributed by atoms with Crippen molar-refractivity contribution in [2.45, 2.75) is 46.3 Å². The lowest BCUT2D eigenvalue weighted by Gasteiger charge is -2.32. The van der Waals surface area contributed by atoms with E-state index in [2.05, 4.69) is 18.7 Å². The van der Waals surface area contributed by atoms with E-state index in [1.54, 1.807) is 7.11 Å². The number of nitrogens with two attached hydrogens (primary N) is 1. The molecule has 1 aromatic carbocycles. The Bertz CT molecular complexity index is 407. The number of rotatable bonds is 8. The van der Waals surface area contributed by atoms with Crippen LogP contribution >= 0.6 is 0 Å². The zero-order chi connectivity index (χ0) is 15.1. The molecule has 4 heteroatoms. The Morgan fingerprint density at radius 2 is 1.95 bits per heavy atom.